The van der Waals surface area contributed by atoms with Crippen LogP contribution in [0.25, 0.3) is 0 Å². The highest BCUT2D eigenvalue weighted by Crippen LogP contribution is 2.38. The number of hydrogen-bond donors (Lipinski definition) is 2. The van der Waals surface area contributed by atoms with Crippen LogP contribution in [0.1, 0.15) is 0 Å². The molecule has 2 rings (SSSR count). The van der Waals surface area contributed by atoms with Gasteiger partial charge in [0.05, 0.1) is 6.61 Å². The van der Waals surface area contributed by atoms with E-state index in [-0.39, 0.29) is 18.8 Å². The lowest BCUT2D eigenvalue weighted by Gasteiger charge is -2.25. The van der Waals surface area contributed by atoms with E-state index < -0.39 is 12.2 Å². The topological polar surface area (TPSA) is 62.2 Å². The fraction of sp³-hybridized carbons (Fsp3) is 0.714. The summed E-state index contributed by atoms with van der Waals surface area (Å²) in [6.45, 7) is 3.40. The molecule has 0 saturated carbocycles. The third-order valence-corrected chi connectivity index (χ3v) is 2.04. The molecule has 0 radical (unpaired) electrons. The minimum atomic E-state index is -0.713. The van der Waals surface area contributed by atoms with Gasteiger partial charge in [-0.15, -0.1) is 0 Å². The highest BCUT2D eigenvalue weighted by Gasteiger charge is 2.54. The van der Waals surface area contributed by atoms with Gasteiger partial charge in [0, 0.05) is 0 Å². The van der Waals surface area contributed by atoms with Crippen LogP contribution in [0.15, 0.2) is 12.3 Å². The Balaban J connectivity index is 2.08. The molecule has 0 spiro atoms. The van der Waals surface area contributed by atoms with Crippen LogP contribution in [0.3, 0.4) is 0 Å². The van der Waals surface area contributed by atoms with Crippen LogP contribution in [0.4, 0.5) is 0 Å². The molecule has 2 heterocycles. The first kappa shape index (κ1) is 7.09. The van der Waals surface area contributed by atoms with Gasteiger partial charge in [0.1, 0.15) is 30.2 Å². The van der Waals surface area contributed by atoms with Crippen LogP contribution in [-0.4, -0.2) is 41.2 Å². The molecule has 2 aliphatic rings. The van der Waals surface area contributed by atoms with Crippen LogP contribution in [0.2, 0.25) is 0 Å². The van der Waals surface area contributed by atoms with E-state index in [2.05, 4.69) is 6.58 Å². The molecule has 0 bridgehead atoms. The van der Waals surface area contributed by atoms with Gasteiger partial charge in [-0.05, 0) is 0 Å². The molecule has 2 saturated heterocycles. The summed E-state index contributed by atoms with van der Waals surface area (Å²) in [6, 6.07) is 0. The number of ether oxygens (including phenoxy) is 2. The van der Waals surface area contributed by atoms with Crippen molar-refractivity contribution in [2.75, 3.05) is 6.61 Å². The van der Waals surface area contributed by atoms with Crippen molar-refractivity contribution >= 4 is 0 Å². The lowest BCUT2D eigenvalue weighted by Crippen LogP contribution is -2.41. The molecule has 0 amide bonds. The highest BCUT2D eigenvalue weighted by molar-refractivity contribution is 5.14. The van der Waals surface area contributed by atoms with Crippen LogP contribution in [-0.2, 0) is 9.47 Å². The summed E-state index contributed by atoms with van der Waals surface area (Å²) in [5.41, 5.74) is 0. The van der Waals surface area contributed by atoms with E-state index in [0.29, 0.717) is 5.76 Å². The standard InChI is InChI=1S/C7H10O4/c1-3-6-7(11-6)5(9)4(2-8)10-3/h4-9H,1-2H2/t4-,5+,6-,7+/m1/s1. The second kappa shape index (κ2) is 2.20. The van der Waals surface area contributed by atoms with Crippen molar-refractivity contribution in [1.29, 1.82) is 0 Å². The molecule has 4 heteroatoms. The van der Waals surface area contributed by atoms with Gasteiger partial charge in [-0.2, -0.15) is 0 Å². The molecule has 11 heavy (non-hydrogen) atoms. The summed E-state index contributed by atoms with van der Waals surface area (Å²) in [5, 5.41) is 18.1. The second-order valence-corrected chi connectivity index (χ2v) is 2.82. The maximum atomic E-state index is 9.35. The molecular formula is C7H10O4. The molecule has 0 aromatic carbocycles. The minimum Gasteiger partial charge on any atom is -0.487 e. The Morgan fingerprint density at radius 3 is 2.91 bits per heavy atom. The van der Waals surface area contributed by atoms with Crippen molar-refractivity contribution in [1.82, 2.24) is 0 Å². The fourth-order valence-corrected chi connectivity index (χ4v) is 1.33. The molecule has 4 atom stereocenters. The lowest BCUT2D eigenvalue weighted by atomic mass is 10.1. The zero-order chi connectivity index (χ0) is 8.01. The Hall–Kier alpha value is -0.580. The summed E-state index contributed by atoms with van der Waals surface area (Å²) in [5.74, 6) is 0.513. The van der Waals surface area contributed by atoms with E-state index in [1.165, 1.54) is 0 Å². The van der Waals surface area contributed by atoms with E-state index in [9.17, 15) is 5.11 Å². The van der Waals surface area contributed by atoms with Gasteiger partial charge < -0.3 is 19.7 Å². The van der Waals surface area contributed by atoms with Crippen LogP contribution < -0.4 is 0 Å². The quantitative estimate of drug-likeness (QED) is 0.481. The SMILES string of the molecule is C=C1O[C@H](CO)[C@H](O)[C@@H]2O[C@H]12. The van der Waals surface area contributed by atoms with Crippen molar-refractivity contribution in [3.05, 3.63) is 12.3 Å². The molecule has 0 aromatic rings. The molecular weight excluding hydrogens is 148 g/mol. The zero-order valence-electron chi connectivity index (χ0n) is 5.93. The van der Waals surface area contributed by atoms with Crippen molar-refractivity contribution in [2.24, 2.45) is 0 Å². The molecule has 2 N–H and O–H groups in total. The number of epoxide rings is 1. The van der Waals surface area contributed by atoms with Crippen LogP contribution in [0, 0.1) is 0 Å². The normalized spacial score (nSPS) is 48.0. The number of fused-ring (bicyclic) bond motifs is 1. The molecule has 2 aliphatic heterocycles. The maximum absolute atomic E-state index is 9.35. The molecule has 2 fully saturated rings. The highest BCUT2D eigenvalue weighted by atomic mass is 16.6. The zero-order valence-corrected chi connectivity index (χ0v) is 5.93. The number of aliphatic hydroxyl groups is 2. The monoisotopic (exact) mass is 158 g/mol. The van der Waals surface area contributed by atoms with Gasteiger partial charge in [-0.3, -0.25) is 0 Å². The Kier molecular flexibility index (Phi) is 1.42. The van der Waals surface area contributed by atoms with E-state index >= 15 is 0 Å². The van der Waals surface area contributed by atoms with Crippen molar-refractivity contribution in [2.45, 2.75) is 24.4 Å². The summed E-state index contributed by atoms with van der Waals surface area (Å²) < 4.78 is 10.1. The Bertz CT molecular complexity index is 191. The fourth-order valence-electron chi connectivity index (χ4n) is 1.33. The van der Waals surface area contributed by atoms with Crippen LogP contribution >= 0.6 is 0 Å². The average Bonchev–Trinajstić information content (AvgIpc) is 2.75. The molecule has 4 nitrogen and oxygen atoms in total. The van der Waals surface area contributed by atoms with Gasteiger partial charge in [0.15, 0.2) is 0 Å². The van der Waals surface area contributed by atoms with E-state index in [1.54, 1.807) is 0 Å². The smallest absolute Gasteiger partial charge is 0.150 e. The molecule has 0 unspecified atom stereocenters. The largest absolute Gasteiger partial charge is 0.487 e. The predicted molar refractivity (Wildman–Crippen MR) is 35.8 cm³/mol. The van der Waals surface area contributed by atoms with E-state index in [4.69, 9.17) is 14.6 Å². The molecule has 62 valence electrons. The van der Waals surface area contributed by atoms with Crippen molar-refractivity contribution in [3.63, 3.8) is 0 Å². The van der Waals surface area contributed by atoms with Gasteiger partial charge in [-0.25, -0.2) is 0 Å². The Morgan fingerprint density at radius 2 is 2.27 bits per heavy atom. The Morgan fingerprint density at radius 1 is 1.55 bits per heavy atom. The van der Waals surface area contributed by atoms with E-state index in [0.717, 1.165) is 0 Å². The summed E-state index contributed by atoms with van der Waals surface area (Å²) in [7, 11) is 0. The number of rotatable bonds is 1. The van der Waals surface area contributed by atoms with Gasteiger partial charge in [-0.1, -0.05) is 6.58 Å². The number of aliphatic hydroxyl groups excluding tert-OH is 2. The molecule has 0 aromatic heterocycles. The Labute approximate surface area is 64.0 Å². The van der Waals surface area contributed by atoms with E-state index in [1.807, 2.05) is 0 Å². The van der Waals surface area contributed by atoms with Gasteiger partial charge >= 0.3 is 0 Å². The minimum absolute atomic E-state index is 0.146. The summed E-state index contributed by atoms with van der Waals surface area (Å²) in [4.78, 5) is 0. The maximum Gasteiger partial charge on any atom is 0.150 e. The second-order valence-electron chi connectivity index (χ2n) is 2.82. The number of hydrogen-bond acceptors (Lipinski definition) is 4. The first-order valence-corrected chi connectivity index (χ1v) is 3.54. The average molecular weight is 158 g/mol. The molecule has 0 aliphatic carbocycles. The first-order chi connectivity index (χ1) is 5.24. The summed E-state index contributed by atoms with van der Waals surface area (Å²) in [6.07, 6.45) is -1.62. The third-order valence-electron chi connectivity index (χ3n) is 2.04. The van der Waals surface area contributed by atoms with Crippen molar-refractivity contribution < 1.29 is 19.7 Å². The first-order valence-electron chi connectivity index (χ1n) is 3.54. The van der Waals surface area contributed by atoms with Gasteiger partial charge in [0.25, 0.3) is 0 Å². The van der Waals surface area contributed by atoms with Crippen LogP contribution in [0.5, 0.6) is 0 Å². The van der Waals surface area contributed by atoms with Crippen molar-refractivity contribution in [3.8, 4) is 0 Å². The lowest BCUT2D eigenvalue weighted by molar-refractivity contribution is -0.0521. The summed E-state index contributed by atoms with van der Waals surface area (Å²) >= 11 is 0. The van der Waals surface area contributed by atoms with Gasteiger partial charge in [0.2, 0.25) is 0 Å². The third kappa shape index (κ3) is 0.946. The predicted octanol–water partition coefficient (Wildman–Crippen LogP) is -0.981.